The Morgan fingerprint density at radius 3 is 2.87 bits per heavy atom. The zero-order chi connectivity index (χ0) is 10.7. The van der Waals surface area contributed by atoms with E-state index in [1.165, 1.54) is 11.3 Å². The highest BCUT2D eigenvalue weighted by Gasteiger charge is 2.01. The van der Waals surface area contributed by atoms with Gasteiger partial charge in [-0.1, -0.05) is 23.2 Å². The number of nitrogens with one attached hydrogen (secondary N) is 1. The first kappa shape index (κ1) is 10.7. The molecule has 0 spiro atoms. The van der Waals surface area contributed by atoms with Crippen molar-refractivity contribution in [2.24, 2.45) is 0 Å². The summed E-state index contributed by atoms with van der Waals surface area (Å²) in [7, 11) is 0. The van der Waals surface area contributed by atoms with Crippen molar-refractivity contribution < 1.29 is 0 Å². The summed E-state index contributed by atoms with van der Waals surface area (Å²) in [5.41, 5.74) is 2.03. The monoisotopic (exact) mass is 258 g/mol. The minimum atomic E-state index is 0.483. The van der Waals surface area contributed by atoms with Crippen LogP contribution in [0.15, 0.2) is 29.8 Å². The van der Waals surface area contributed by atoms with Crippen molar-refractivity contribution in [2.45, 2.75) is 6.54 Å². The second-order valence-electron chi connectivity index (χ2n) is 2.94. The number of nitrogens with zero attached hydrogens (tertiary/aromatic N) is 1. The Kier molecular flexibility index (Phi) is 3.46. The Balaban J connectivity index is 2.02. The molecule has 0 aromatic carbocycles. The summed E-state index contributed by atoms with van der Waals surface area (Å²) in [5, 5.41) is 5.68. The van der Waals surface area contributed by atoms with Crippen molar-refractivity contribution >= 4 is 40.2 Å². The van der Waals surface area contributed by atoms with E-state index in [1.54, 1.807) is 12.3 Å². The van der Waals surface area contributed by atoms with Crippen LogP contribution in [0.2, 0.25) is 9.49 Å². The van der Waals surface area contributed by atoms with Gasteiger partial charge in [-0.25, -0.2) is 4.98 Å². The zero-order valence-electron chi connectivity index (χ0n) is 7.71. The molecule has 2 aromatic rings. The topological polar surface area (TPSA) is 24.9 Å². The van der Waals surface area contributed by atoms with Crippen LogP contribution in [0.4, 0.5) is 5.69 Å². The molecule has 2 aromatic heterocycles. The summed E-state index contributed by atoms with van der Waals surface area (Å²) in [5.74, 6) is 0. The van der Waals surface area contributed by atoms with Gasteiger partial charge in [0.2, 0.25) is 0 Å². The quantitative estimate of drug-likeness (QED) is 0.840. The van der Waals surface area contributed by atoms with E-state index in [0.717, 1.165) is 15.6 Å². The maximum Gasteiger partial charge on any atom is 0.131 e. The summed E-state index contributed by atoms with van der Waals surface area (Å²) in [4.78, 5) is 3.90. The van der Waals surface area contributed by atoms with Crippen molar-refractivity contribution in [3.8, 4) is 0 Å². The molecule has 2 heterocycles. The summed E-state index contributed by atoms with van der Waals surface area (Å²) >= 11 is 13.3. The number of hydrogen-bond donors (Lipinski definition) is 1. The van der Waals surface area contributed by atoms with E-state index in [4.69, 9.17) is 23.2 Å². The zero-order valence-corrected chi connectivity index (χ0v) is 10.0. The lowest BCUT2D eigenvalue weighted by molar-refractivity contribution is 1.16. The lowest BCUT2D eigenvalue weighted by atomic mass is 10.3. The molecule has 78 valence electrons. The van der Waals surface area contributed by atoms with Crippen LogP contribution < -0.4 is 5.32 Å². The summed E-state index contributed by atoms with van der Waals surface area (Å²) in [6.07, 6.45) is 1.67. The van der Waals surface area contributed by atoms with Crippen LogP contribution in [0.1, 0.15) is 5.56 Å². The van der Waals surface area contributed by atoms with Gasteiger partial charge in [-0.15, -0.1) is 11.3 Å². The number of halogens is 2. The predicted octanol–water partition coefficient (Wildman–Crippen LogP) is 4.06. The highest BCUT2D eigenvalue weighted by molar-refractivity contribution is 7.14. The number of rotatable bonds is 3. The standard InChI is InChI=1S/C10H8Cl2N2S/c11-9-5-8(1-3-13-9)14-6-7-2-4-15-10(7)12/h1-5H,6H2,(H,13,14). The largest absolute Gasteiger partial charge is 0.381 e. The van der Waals surface area contributed by atoms with Gasteiger partial charge in [-0.3, -0.25) is 0 Å². The van der Waals surface area contributed by atoms with Gasteiger partial charge in [0.05, 0.1) is 4.34 Å². The molecule has 0 saturated carbocycles. The number of anilines is 1. The molecule has 0 unspecified atom stereocenters. The van der Waals surface area contributed by atoms with E-state index in [9.17, 15) is 0 Å². The second kappa shape index (κ2) is 4.84. The fraction of sp³-hybridized carbons (Fsp3) is 0.100. The molecule has 0 aliphatic carbocycles. The van der Waals surface area contributed by atoms with Crippen LogP contribution in [0.5, 0.6) is 0 Å². The van der Waals surface area contributed by atoms with Crippen LogP contribution in [-0.2, 0) is 6.54 Å². The summed E-state index contributed by atoms with van der Waals surface area (Å²) in [6, 6.07) is 5.65. The lowest BCUT2D eigenvalue weighted by Crippen LogP contribution is -1.98. The molecule has 5 heteroatoms. The molecular weight excluding hydrogens is 251 g/mol. The maximum atomic E-state index is 5.98. The van der Waals surface area contributed by atoms with Gasteiger partial charge in [-0.2, -0.15) is 0 Å². The fourth-order valence-electron chi connectivity index (χ4n) is 1.16. The molecule has 2 rings (SSSR count). The average molecular weight is 259 g/mol. The summed E-state index contributed by atoms with van der Waals surface area (Å²) < 4.78 is 0.822. The maximum absolute atomic E-state index is 5.98. The smallest absolute Gasteiger partial charge is 0.131 e. The molecule has 1 N–H and O–H groups in total. The SMILES string of the molecule is Clc1cc(NCc2ccsc2Cl)ccn1. The van der Waals surface area contributed by atoms with Crippen LogP contribution in [-0.4, -0.2) is 4.98 Å². The molecule has 0 aliphatic heterocycles. The van der Waals surface area contributed by atoms with Gasteiger partial charge in [0.25, 0.3) is 0 Å². The molecule has 0 radical (unpaired) electrons. The predicted molar refractivity (Wildman–Crippen MR) is 65.9 cm³/mol. The Morgan fingerprint density at radius 2 is 2.20 bits per heavy atom. The lowest BCUT2D eigenvalue weighted by Gasteiger charge is -2.05. The molecule has 15 heavy (non-hydrogen) atoms. The van der Waals surface area contributed by atoms with Crippen LogP contribution >= 0.6 is 34.5 Å². The number of hydrogen-bond acceptors (Lipinski definition) is 3. The van der Waals surface area contributed by atoms with Gasteiger partial charge in [0.1, 0.15) is 5.15 Å². The molecule has 0 amide bonds. The molecular formula is C10H8Cl2N2S. The minimum Gasteiger partial charge on any atom is -0.381 e. The first-order valence-corrected chi connectivity index (χ1v) is 5.96. The van der Waals surface area contributed by atoms with Crippen molar-refractivity contribution in [3.05, 3.63) is 44.8 Å². The molecule has 0 aliphatic rings. The molecule has 0 atom stereocenters. The first-order chi connectivity index (χ1) is 7.25. The van der Waals surface area contributed by atoms with Crippen molar-refractivity contribution in [3.63, 3.8) is 0 Å². The number of thiophene rings is 1. The van der Waals surface area contributed by atoms with Crippen molar-refractivity contribution in [2.75, 3.05) is 5.32 Å². The van der Waals surface area contributed by atoms with Gasteiger partial charge in [-0.05, 0) is 23.6 Å². The molecule has 0 saturated heterocycles. The van der Waals surface area contributed by atoms with E-state index in [0.29, 0.717) is 11.7 Å². The molecule has 0 fully saturated rings. The van der Waals surface area contributed by atoms with E-state index in [1.807, 2.05) is 17.5 Å². The Labute approximate surface area is 102 Å². The summed E-state index contributed by atoms with van der Waals surface area (Å²) in [6.45, 7) is 0.697. The average Bonchev–Trinajstić information content (AvgIpc) is 2.61. The van der Waals surface area contributed by atoms with Crippen molar-refractivity contribution in [1.82, 2.24) is 4.98 Å². The Morgan fingerprint density at radius 1 is 1.33 bits per heavy atom. The van der Waals surface area contributed by atoms with Crippen LogP contribution in [0.3, 0.4) is 0 Å². The number of aromatic nitrogens is 1. The number of pyridine rings is 1. The minimum absolute atomic E-state index is 0.483. The van der Waals surface area contributed by atoms with Gasteiger partial charge >= 0.3 is 0 Å². The second-order valence-corrected chi connectivity index (χ2v) is 4.85. The molecule has 0 bridgehead atoms. The Bertz CT molecular complexity index is 456. The first-order valence-electron chi connectivity index (χ1n) is 4.33. The van der Waals surface area contributed by atoms with Crippen LogP contribution in [0.25, 0.3) is 0 Å². The van der Waals surface area contributed by atoms with E-state index < -0.39 is 0 Å². The van der Waals surface area contributed by atoms with Crippen molar-refractivity contribution in [1.29, 1.82) is 0 Å². The Hall–Kier alpha value is -0.770. The highest BCUT2D eigenvalue weighted by atomic mass is 35.5. The van der Waals surface area contributed by atoms with Gasteiger partial charge in [0.15, 0.2) is 0 Å². The third-order valence-corrected chi connectivity index (χ3v) is 3.36. The van der Waals surface area contributed by atoms with E-state index in [-0.39, 0.29) is 0 Å². The molecule has 2 nitrogen and oxygen atoms in total. The van der Waals surface area contributed by atoms with Crippen LogP contribution in [0, 0.1) is 0 Å². The van der Waals surface area contributed by atoms with E-state index in [2.05, 4.69) is 10.3 Å². The third kappa shape index (κ3) is 2.84. The fourth-order valence-corrected chi connectivity index (χ4v) is 2.26. The normalized spacial score (nSPS) is 10.3. The van der Waals surface area contributed by atoms with Gasteiger partial charge in [0, 0.05) is 24.0 Å². The van der Waals surface area contributed by atoms with Gasteiger partial charge < -0.3 is 5.32 Å². The highest BCUT2D eigenvalue weighted by Crippen LogP contribution is 2.23. The third-order valence-electron chi connectivity index (χ3n) is 1.90. The van der Waals surface area contributed by atoms with E-state index >= 15 is 0 Å².